The summed E-state index contributed by atoms with van der Waals surface area (Å²) in [5.74, 6) is 0.457. The maximum Gasteiger partial charge on any atom is 0.368 e. The lowest BCUT2D eigenvalue weighted by atomic mass is 10.1. The monoisotopic (exact) mass is 477 g/mol. The molecule has 3 rings (SSSR count). The van der Waals surface area contributed by atoms with Crippen LogP contribution in [-0.2, 0) is 29.8 Å². The number of aryl methyl sites for hydroxylation is 3. The van der Waals surface area contributed by atoms with E-state index in [0.717, 1.165) is 22.3 Å². The standard InChI is InChI=1S/C25H31N7O3/c1-7-24(27-26-19(4)20(5)28-35-15-21-13-9-8-11-17(21)2)34-16-22-18(3)12-10-14-23(22)32-25(33)31(6)29-30-32/h8-14H,7,15-16H2,1-6H3/b26-19-,27-24+,28-20+. The normalized spacial score (nSPS) is 12.7. The summed E-state index contributed by atoms with van der Waals surface area (Å²) >= 11 is 0. The van der Waals surface area contributed by atoms with Gasteiger partial charge in [-0.3, -0.25) is 0 Å². The summed E-state index contributed by atoms with van der Waals surface area (Å²) < 4.78 is 8.39. The molecule has 10 nitrogen and oxygen atoms in total. The van der Waals surface area contributed by atoms with Crippen LogP contribution < -0.4 is 5.69 Å². The Morgan fingerprint density at radius 3 is 2.37 bits per heavy atom. The van der Waals surface area contributed by atoms with Crippen molar-refractivity contribution >= 4 is 17.3 Å². The van der Waals surface area contributed by atoms with Crippen molar-refractivity contribution in [1.29, 1.82) is 0 Å². The molecule has 0 aliphatic heterocycles. The van der Waals surface area contributed by atoms with Gasteiger partial charge >= 0.3 is 5.69 Å². The van der Waals surface area contributed by atoms with Crippen molar-refractivity contribution in [3.05, 3.63) is 75.2 Å². The summed E-state index contributed by atoms with van der Waals surface area (Å²) in [6.45, 7) is 10.1. The van der Waals surface area contributed by atoms with Gasteiger partial charge in [-0.1, -0.05) is 48.5 Å². The van der Waals surface area contributed by atoms with Gasteiger partial charge in [-0.05, 0) is 60.9 Å². The molecule has 0 saturated heterocycles. The van der Waals surface area contributed by atoms with Crippen molar-refractivity contribution in [1.82, 2.24) is 19.8 Å². The molecule has 0 spiro atoms. The van der Waals surface area contributed by atoms with Gasteiger partial charge in [-0.2, -0.15) is 14.5 Å². The minimum Gasteiger partial charge on any atom is -0.475 e. The van der Waals surface area contributed by atoms with E-state index < -0.39 is 0 Å². The van der Waals surface area contributed by atoms with Gasteiger partial charge in [0.2, 0.25) is 5.90 Å². The molecule has 0 radical (unpaired) electrons. The molecule has 184 valence electrons. The quantitative estimate of drug-likeness (QED) is 0.264. The SMILES string of the molecule is CC\C(=N/N=C(C)\C(C)=N\OCc1ccccc1C)OCc1c(C)cccc1-n1nnn(C)c1=O. The van der Waals surface area contributed by atoms with Crippen molar-refractivity contribution in [3.8, 4) is 5.69 Å². The van der Waals surface area contributed by atoms with Gasteiger partial charge in [-0.25, -0.2) is 4.79 Å². The van der Waals surface area contributed by atoms with Crippen molar-refractivity contribution in [2.75, 3.05) is 0 Å². The molecule has 0 aliphatic rings. The number of nitrogens with zero attached hydrogens (tertiary/aromatic N) is 7. The van der Waals surface area contributed by atoms with Gasteiger partial charge in [0.1, 0.15) is 13.2 Å². The number of rotatable bonds is 9. The zero-order chi connectivity index (χ0) is 25.4. The highest BCUT2D eigenvalue weighted by atomic mass is 16.6. The lowest BCUT2D eigenvalue weighted by molar-refractivity contribution is 0.130. The maximum absolute atomic E-state index is 12.3. The molecular weight excluding hydrogens is 446 g/mol. The molecule has 0 aliphatic carbocycles. The molecule has 2 aromatic carbocycles. The van der Waals surface area contributed by atoms with E-state index in [-0.39, 0.29) is 12.3 Å². The van der Waals surface area contributed by atoms with Crippen LogP contribution in [0.25, 0.3) is 5.69 Å². The van der Waals surface area contributed by atoms with E-state index in [0.29, 0.717) is 36.0 Å². The molecule has 0 amide bonds. The predicted octanol–water partition coefficient (Wildman–Crippen LogP) is 3.88. The van der Waals surface area contributed by atoms with E-state index in [1.165, 1.54) is 9.36 Å². The first kappa shape index (κ1) is 25.5. The minimum absolute atomic E-state index is 0.207. The Balaban J connectivity index is 1.69. The van der Waals surface area contributed by atoms with Crippen LogP contribution in [0.5, 0.6) is 0 Å². The van der Waals surface area contributed by atoms with Crippen LogP contribution in [0.3, 0.4) is 0 Å². The number of aromatic nitrogens is 4. The third kappa shape index (κ3) is 6.50. The smallest absolute Gasteiger partial charge is 0.368 e. The molecule has 0 N–H and O–H groups in total. The number of tetrazole rings is 1. The number of ether oxygens (including phenoxy) is 1. The topological polar surface area (TPSA) is 108 Å². The summed E-state index contributed by atoms with van der Waals surface area (Å²) in [6, 6.07) is 13.6. The Kier molecular flexibility index (Phi) is 8.66. The summed E-state index contributed by atoms with van der Waals surface area (Å²) in [4.78, 5) is 17.8. The Morgan fingerprint density at radius 2 is 1.69 bits per heavy atom. The van der Waals surface area contributed by atoms with Crippen LogP contribution in [0.1, 0.15) is 49.4 Å². The molecule has 0 saturated carbocycles. The van der Waals surface area contributed by atoms with E-state index in [4.69, 9.17) is 9.57 Å². The van der Waals surface area contributed by atoms with Gasteiger partial charge in [-0.15, -0.1) is 5.10 Å². The van der Waals surface area contributed by atoms with Crippen molar-refractivity contribution in [3.63, 3.8) is 0 Å². The van der Waals surface area contributed by atoms with Crippen molar-refractivity contribution in [2.24, 2.45) is 22.4 Å². The Hall–Kier alpha value is -4.08. The summed E-state index contributed by atoms with van der Waals surface area (Å²) in [5.41, 5.74) is 5.54. The summed E-state index contributed by atoms with van der Waals surface area (Å²) in [5, 5.41) is 20.4. The second-order valence-corrected chi connectivity index (χ2v) is 8.07. The fourth-order valence-electron chi connectivity index (χ4n) is 3.13. The molecule has 1 aromatic heterocycles. The van der Waals surface area contributed by atoms with Crippen molar-refractivity contribution in [2.45, 2.75) is 54.3 Å². The van der Waals surface area contributed by atoms with Crippen LogP contribution in [0, 0.1) is 13.8 Å². The van der Waals surface area contributed by atoms with Crippen LogP contribution in [0.15, 0.2) is 62.6 Å². The fourth-order valence-corrected chi connectivity index (χ4v) is 3.13. The molecule has 35 heavy (non-hydrogen) atoms. The van der Waals surface area contributed by atoms with E-state index in [1.54, 1.807) is 7.05 Å². The fraction of sp³-hybridized carbons (Fsp3) is 0.360. The second kappa shape index (κ2) is 11.9. The maximum atomic E-state index is 12.3. The number of benzene rings is 2. The van der Waals surface area contributed by atoms with Gasteiger partial charge in [0.05, 0.1) is 17.1 Å². The van der Waals surface area contributed by atoms with Crippen LogP contribution in [0.2, 0.25) is 0 Å². The zero-order valence-electron chi connectivity index (χ0n) is 21.0. The number of oxime groups is 1. The lowest BCUT2D eigenvalue weighted by Crippen LogP contribution is -2.23. The lowest BCUT2D eigenvalue weighted by Gasteiger charge is -2.13. The molecular formula is C25H31N7O3. The molecule has 0 bridgehead atoms. The Morgan fingerprint density at radius 1 is 0.943 bits per heavy atom. The Bertz CT molecular complexity index is 1320. The number of hydrogen-bond donors (Lipinski definition) is 0. The first-order valence-electron chi connectivity index (χ1n) is 11.3. The highest BCUT2D eigenvalue weighted by molar-refractivity contribution is 6.40. The van der Waals surface area contributed by atoms with Crippen molar-refractivity contribution < 1.29 is 9.57 Å². The summed E-state index contributed by atoms with van der Waals surface area (Å²) in [7, 11) is 1.55. The van der Waals surface area contributed by atoms with E-state index in [1.807, 2.05) is 77.1 Å². The van der Waals surface area contributed by atoms with Crippen LogP contribution >= 0.6 is 0 Å². The minimum atomic E-state index is -0.333. The first-order valence-corrected chi connectivity index (χ1v) is 11.3. The first-order chi connectivity index (χ1) is 16.8. The Labute approximate surface area is 204 Å². The average molecular weight is 478 g/mol. The highest BCUT2D eigenvalue weighted by Crippen LogP contribution is 2.18. The molecule has 10 heteroatoms. The van der Waals surface area contributed by atoms with E-state index >= 15 is 0 Å². The second-order valence-electron chi connectivity index (χ2n) is 8.07. The van der Waals surface area contributed by atoms with Gasteiger partial charge < -0.3 is 9.57 Å². The predicted molar refractivity (Wildman–Crippen MR) is 136 cm³/mol. The third-order valence-electron chi connectivity index (χ3n) is 5.54. The highest BCUT2D eigenvalue weighted by Gasteiger charge is 2.14. The van der Waals surface area contributed by atoms with Crippen LogP contribution in [-0.4, -0.2) is 37.1 Å². The third-order valence-corrected chi connectivity index (χ3v) is 5.54. The molecule has 1 heterocycles. The summed E-state index contributed by atoms with van der Waals surface area (Å²) in [6.07, 6.45) is 0.545. The van der Waals surface area contributed by atoms with E-state index in [9.17, 15) is 4.79 Å². The molecule has 0 unspecified atom stereocenters. The van der Waals surface area contributed by atoms with Gasteiger partial charge in [0, 0.05) is 19.0 Å². The molecule has 0 atom stereocenters. The largest absolute Gasteiger partial charge is 0.475 e. The average Bonchev–Trinajstić information content (AvgIpc) is 3.18. The van der Waals surface area contributed by atoms with E-state index in [2.05, 4.69) is 25.8 Å². The van der Waals surface area contributed by atoms with Gasteiger partial charge in [0.15, 0.2) is 0 Å². The molecule has 0 fully saturated rings. The van der Waals surface area contributed by atoms with Crippen LogP contribution in [0.4, 0.5) is 0 Å². The molecule has 3 aromatic rings. The van der Waals surface area contributed by atoms with Gasteiger partial charge in [0.25, 0.3) is 0 Å². The zero-order valence-corrected chi connectivity index (χ0v) is 21.0. The number of hydrogen-bond acceptors (Lipinski definition) is 8.